The maximum atomic E-state index is 12.5. The van der Waals surface area contributed by atoms with Crippen LogP contribution in [0.2, 0.25) is 5.02 Å². The zero-order chi connectivity index (χ0) is 20.1. The van der Waals surface area contributed by atoms with Crippen LogP contribution in [0.15, 0.2) is 48.5 Å². The average molecular weight is 416 g/mol. The highest BCUT2D eigenvalue weighted by atomic mass is 35.5. The first kappa shape index (κ1) is 20.0. The molecule has 0 unspecified atom stereocenters. The number of para-hydroxylation sites is 1. The number of carbonyl (C=O) groups excluding carboxylic acids is 1. The molecule has 0 aliphatic carbocycles. The van der Waals surface area contributed by atoms with Crippen LogP contribution in [0.4, 0.5) is 17.1 Å². The zero-order valence-electron chi connectivity index (χ0n) is 16.6. The Morgan fingerprint density at radius 3 is 2.34 bits per heavy atom. The highest BCUT2D eigenvalue weighted by Gasteiger charge is 2.23. The van der Waals surface area contributed by atoms with E-state index in [2.05, 4.69) is 33.3 Å². The minimum Gasteiger partial charge on any atom is -0.378 e. The van der Waals surface area contributed by atoms with Crippen LogP contribution in [-0.2, 0) is 9.53 Å². The Balaban J connectivity index is 1.24. The molecule has 2 saturated heterocycles. The second-order valence-electron chi connectivity index (χ2n) is 7.56. The van der Waals surface area contributed by atoms with Crippen LogP contribution in [0.25, 0.3) is 0 Å². The smallest absolute Gasteiger partial charge is 0.279 e. The Morgan fingerprint density at radius 2 is 1.66 bits per heavy atom. The van der Waals surface area contributed by atoms with Crippen molar-refractivity contribution < 1.29 is 14.4 Å². The summed E-state index contributed by atoms with van der Waals surface area (Å²) in [5, 5.41) is 3.82. The van der Waals surface area contributed by atoms with E-state index in [1.54, 1.807) is 0 Å². The van der Waals surface area contributed by atoms with Gasteiger partial charge in [0.25, 0.3) is 5.91 Å². The van der Waals surface area contributed by atoms with Crippen LogP contribution in [0, 0.1) is 0 Å². The van der Waals surface area contributed by atoms with Gasteiger partial charge in [-0.05, 0) is 36.4 Å². The molecule has 2 aliphatic rings. The molecule has 2 aromatic rings. The minimum atomic E-state index is 0.0605. The number of nitrogens with one attached hydrogen (secondary N) is 2. The van der Waals surface area contributed by atoms with Crippen LogP contribution >= 0.6 is 11.6 Å². The average Bonchev–Trinajstić information content (AvgIpc) is 2.76. The Kier molecular flexibility index (Phi) is 6.54. The third-order valence-electron chi connectivity index (χ3n) is 5.60. The van der Waals surface area contributed by atoms with E-state index in [-0.39, 0.29) is 5.91 Å². The molecule has 2 aliphatic heterocycles. The van der Waals surface area contributed by atoms with E-state index < -0.39 is 0 Å². The van der Waals surface area contributed by atoms with Gasteiger partial charge in [-0.25, -0.2) is 0 Å². The predicted octanol–water partition coefficient (Wildman–Crippen LogP) is 1.52. The highest BCUT2D eigenvalue weighted by molar-refractivity contribution is 6.33. The van der Waals surface area contributed by atoms with E-state index in [0.717, 1.165) is 68.9 Å². The molecule has 0 radical (unpaired) electrons. The lowest BCUT2D eigenvalue weighted by Gasteiger charge is -2.33. The Hall–Kier alpha value is -2.28. The van der Waals surface area contributed by atoms with Crippen molar-refractivity contribution in [3.8, 4) is 0 Å². The van der Waals surface area contributed by atoms with Crippen molar-refractivity contribution in [2.24, 2.45) is 0 Å². The van der Waals surface area contributed by atoms with Crippen LogP contribution in [0.3, 0.4) is 0 Å². The minimum absolute atomic E-state index is 0.0605. The molecule has 1 amide bonds. The number of hydrogen-bond donors (Lipinski definition) is 2. The molecular formula is C22H28ClN4O2+. The molecule has 0 atom stereocenters. The number of rotatable bonds is 5. The number of piperazine rings is 1. The first-order valence-corrected chi connectivity index (χ1v) is 10.6. The number of carbonyl (C=O) groups is 1. The lowest BCUT2D eigenvalue weighted by Crippen LogP contribution is -3.15. The molecule has 0 aromatic heterocycles. The number of ether oxygens (including phenoxy) is 1. The number of quaternary nitrogens is 1. The SMILES string of the molecule is O=C(C[NH+]1CCN(c2ccccc2Cl)CC1)Nc1ccc(N2CCOCC2)cc1. The van der Waals surface area contributed by atoms with Crippen molar-refractivity contribution in [3.63, 3.8) is 0 Å². The van der Waals surface area contributed by atoms with Crippen molar-refractivity contribution >= 4 is 34.6 Å². The lowest BCUT2D eigenvalue weighted by molar-refractivity contribution is -0.892. The summed E-state index contributed by atoms with van der Waals surface area (Å²) in [4.78, 5) is 18.4. The number of morpholine rings is 1. The van der Waals surface area contributed by atoms with Gasteiger partial charge < -0.3 is 24.8 Å². The van der Waals surface area contributed by atoms with Gasteiger partial charge in [-0.1, -0.05) is 23.7 Å². The zero-order valence-corrected chi connectivity index (χ0v) is 17.3. The third-order valence-corrected chi connectivity index (χ3v) is 5.92. The molecule has 2 heterocycles. The summed E-state index contributed by atoms with van der Waals surface area (Å²) in [6, 6.07) is 16.0. The Bertz CT molecular complexity index is 816. The summed E-state index contributed by atoms with van der Waals surface area (Å²) < 4.78 is 5.40. The van der Waals surface area contributed by atoms with E-state index in [1.807, 2.05) is 30.3 Å². The molecule has 4 rings (SSSR count). The highest BCUT2D eigenvalue weighted by Crippen LogP contribution is 2.24. The first-order valence-electron chi connectivity index (χ1n) is 10.2. The quantitative estimate of drug-likeness (QED) is 0.777. The van der Waals surface area contributed by atoms with Crippen molar-refractivity contribution in [1.29, 1.82) is 0 Å². The van der Waals surface area contributed by atoms with Gasteiger partial charge in [0.2, 0.25) is 0 Å². The van der Waals surface area contributed by atoms with E-state index in [4.69, 9.17) is 16.3 Å². The molecule has 6 nitrogen and oxygen atoms in total. The Labute approximate surface area is 177 Å². The summed E-state index contributed by atoms with van der Waals surface area (Å²) in [6.45, 7) is 7.51. The van der Waals surface area contributed by atoms with Gasteiger partial charge in [-0.3, -0.25) is 4.79 Å². The summed E-state index contributed by atoms with van der Waals surface area (Å²) >= 11 is 6.31. The number of anilines is 3. The van der Waals surface area contributed by atoms with Gasteiger partial charge >= 0.3 is 0 Å². The molecule has 2 fully saturated rings. The second-order valence-corrected chi connectivity index (χ2v) is 7.97. The maximum absolute atomic E-state index is 12.5. The number of amides is 1. The van der Waals surface area contributed by atoms with E-state index in [1.165, 1.54) is 10.6 Å². The lowest BCUT2D eigenvalue weighted by atomic mass is 10.2. The van der Waals surface area contributed by atoms with Crippen molar-refractivity contribution in [1.82, 2.24) is 0 Å². The molecule has 154 valence electrons. The molecule has 29 heavy (non-hydrogen) atoms. The normalized spacial score (nSPS) is 18.0. The molecular weight excluding hydrogens is 388 g/mol. The summed E-state index contributed by atoms with van der Waals surface area (Å²) in [6.07, 6.45) is 0. The van der Waals surface area contributed by atoms with Crippen molar-refractivity contribution in [2.45, 2.75) is 0 Å². The molecule has 2 N–H and O–H groups in total. The number of nitrogens with zero attached hydrogens (tertiary/aromatic N) is 2. The van der Waals surface area contributed by atoms with Crippen LogP contribution in [0.1, 0.15) is 0 Å². The molecule has 0 spiro atoms. The standard InChI is InChI=1S/C22H27ClN4O2/c23-20-3-1-2-4-21(20)27-11-9-25(10-12-27)17-22(28)24-18-5-7-19(8-6-18)26-13-15-29-16-14-26/h1-8H,9-17H2,(H,24,28)/p+1. The number of benzene rings is 2. The van der Waals surface area contributed by atoms with E-state index in [9.17, 15) is 4.79 Å². The van der Waals surface area contributed by atoms with Crippen molar-refractivity contribution in [3.05, 3.63) is 53.6 Å². The molecule has 2 aromatic carbocycles. The topological polar surface area (TPSA) is 49.2 Å². The fraction of sp³-hybridized carbons (Fsp3) is 0.409. The van der Waals surface area contributed by atoms with Gasteiger partial charge in [0.05, 0.1) is 50.1 Å². The number of halogens is 1. The Morgan fingerprint density at radius 1 is 0.966 bits per heavy atom. The summed E-state index contributed by atoms with van der Waals surface area (Å²) in [5.41, 5.74) is 3.10. The van der Waals surface area contributed by atoms with E-state index in [0.29, 0.717) is 6.54 Å². The van der Waals surface area contributed by atoms with Crippen LogP contribution in [-0.4, -0.2) is 64.9 Å². The van der Waals surface area contributed by atoms with Gasteiger partial charge in [0.1, 0.15) is 0 Å². The monoisotopic (exact) mass is 415 g/mol. The summed E-state index contributed by atoms with van der Waals surface area (Å²) in [7, 11) is 0. The first-order chi connectivity index (χ1) is 14.2. The van der Waals surface area contributed by atoms with Gasteiger partial charge in [0, 0.05) is 24.5 Å². The molecule has 0 saturated carbocycles. The third kappa shape index (κ3) is 5.21. The largest absolute Gasteiger partial charge is 0.378 e. The van der Waals surface area contributed by atoms with Gasteiger partial charge in [-0.15, -0.1) is 0 Å². The van der Waals surface area contributed by atoms with Crippen molar-refractivity contribution in [2.75, 3.05) is 74.1 Å². The molecule has 0 bridgehead atoms. The fourth-order valence-electron chi connectivity index (χ4n) is 3.96. The van der Waals surface area contributed by atoms with E-state index >= 15 is 0 Å². The number of hydrogen-bond acceptors (Lipinski definition) is 4. The van der Waals surface area contributed by atoms with Crippen LogP contribution in [0.5, 0.6) is 0 Å². The second kappa shape index (κ2) is 9.48. The van der Waals surface area contributed by atoms with Gasteiger partial charge in [0.15, 0.2) is 6.54 Å². The molecule has 7 heteroatoms. The summed E-state index contributed by atoms with van der Waals surface area (Å²) in [5.74, 6) is 0.0605. The predicted molar refractivity (Wildman–Crippen MR) is 117 cm³/mol. The van der Waals surface area contributed by atoms with Crippen LogP contribution < -0.4 is 20.0 Å². The fourth-order valence-corrected chi connectivity index (χ4v) is 4.21. The van der Waals surface area contributed by atoms with Gasteiger partial charge in [-0.2, -0.15) is 0 Å². The maximum Gasteiger partial charge on any atom is 0.279 e.